The summed E-state index contributed by atoms with van der Waals surface area (Å²) in [6.45, 7) is 9.75. The van der Waals surface area contributed by atoms with Crippen LogP contribution in [0.4, 0.5) is 0 Å². The van der Waals surface area contributed by atoms with E-state index in [9.17, 15) is 0 Å². The molecule has 1 heterocycles. The van der Waals surface area contributed by atoms with E-state index in [4.69, 9.17) is 0 Å². The summed E-state index contributed by atoms with van der Waals surface area (Å²) < 4.78 is 0. The minimum Gasteiger partial charge on any atom is -0.311 e. The van der Waals surface area contributed by atoms with Crippen LogP contribution in [0.2, 0.25) is 0 Å². The minimum atomic E-state index is 0.574. The highest BCUT2D eigenvalue weighted by atomic mass is 15.3. The third-order valence-electron chi connectivity index (χ3n) is 5.90. The molecule has 1 saturated heterocycles. The Morgan fingerprint density at radius 2 is 2.00 bits per heavy atom. The molecule has 2 saturated carbocycles. The van der Waals surface area contributed by atoms with Gasteiger partial charge in [0.1, 0.15) is 0 Å². The Kier molecular flexibility index (Phi) is 3.44. The zero-order valence-electron chi connectivity index (χ0n) is 12.4. The van der Waals surface area contributed by atoms with Crippen molar-refractivity contribution in [2.45, 2.75) is 76.9 Å². The first-order valence-corrected chi connectivity index (χ1v) is 8.16. The fourth-order valence-corrected chi connectivity index (χ4v) is 4.18. The maximum Gasteiger partial charge on any atom is 0.0249 e. The Labute approximate surface area is 113 Å². The van der Waals surface area contributed by atoms with Crippen LogP contribution in [0.15, 0.2) is 0 Å². The first-order chi connectivity index (χ1) is 8.66. The molecule has 0 aromatic carbocycles. The summed E-state index contributed by atoms with van der Waals surface area (Å²) >= 11 is 0. The van der Waals surface area contributed by atoms with Crippen LogP contribution in [0.1, 0.15) is 59.3 Å². The van der Waals surface area contributed by atoms with Gasteiger partial charge in [0.15, 0.2) is 0 Å². The molecule has 2 atom stereocenters. The van der Waals surface area contributed by atoms with E-state index < -0.39 is 0 Å². The summed E-state index contributed by atoms with van der Waals surface area (Å²) in [7, 11) is 0. The van der Waals surface area contributed by atoms with Crippen molar-refractivity contribution in [3.63, 3.8) is 0 Å². The van der Waals surface area contributed by atoms with Crippen molar-refractivity contribution >= 4 is 0 Å². The van der Waals surface area contributed by atoms with Gasteiger partial charge in [-0.15, -0.1) is 0 Å². The van der Waals surface area contributed by atoms with Gasteiger partial charge >= 0.3 is 0 Å². The summed E-state index contributed by atoms with van der Waals surface area (Å²) in [4.78, 5) is 2.93. The van der Waals surface area contributed by atoms with Gasteiger partial charge < -0.3 is 5.32 Å². The Hall–Kier alpha value is -0.0800. The van der Waals surface area contributed by atoms with Gasteiger partial charge in [0, 0.05) is 30.7 Å². The van der Waals surface area contributed by atoms with E-state index in [1.165, 1.54) is 51.6 Å². The number of piperazine rings is 1. The highest BCUT2D eigenvalue weighted by Gasteiger charge is 2.48. The number of hydrogen-bond donors (Lipinski definition) is 1. The molecule has 1 aliphatic heterocycles. The van der Waals surface area contributed by atoms with Crippen molar-refractivity contribution in [3.05, 3.63) is 0 Å². The molecule has 3 aliphatic rings. The van der Waals surface area contributed by atoms with Crippen LogP contribution >= 0.6 is 0 Å². The molecule has 18 heavy (non-hydrogen) atoms. The van der Waals surface area contributed by atoms with E-state index in [1.807, 2.05) is 0 Å². The third-order valence-corrected chi connectivity index (χ3v) is 5.90. The molecule has 104 valence electrons. The maximum atomic E-state index is 3.85. The molecule has 0 aromatic rings. The molecular formula is C16H30N2. The van der Waals surface area contributed by atoms with Gasteiger partial charge in [-0.3, -0.25) is 4.90 Å². The smallest absolute Gasteiger partial charge is 0.0249 e. The van der Waals surface area contributed by atoms with E-state index in [1.54, 1.807) is 0 Å². The zero-order valence-corrected chi connectivity index (χ0v) is 12.4. The molecule has 0 bridgehead atoms. The van der Waals surface area contributed by atoms with E-state index in [-0.39, 0.29) is 0 Å². The summed E-state index contributed by atoms with van der Waals surface area (Å²) in [6.07, 6.45) is 8.65. The van der Waals surface area contributed by atoms with Gasteiger partial charge in [-0.2, -0.15) is 0 Å². The first kappa shape index (κ1) is 12.9. The normalized spacial score (nSPS) is 36.7. The van der Waals surface area contributed by atoms with E-state index in [0.717, 1.165) is 23.9 Å². The Morgan fingerprint density at radius 3 is 2.44 bits per heavy atom. The molecule has 0 aromatic heterocycles. The average molecular weight is 250 g/mol. The van der Waals surface area contributed by atoms with Crippen molar-refractivity contribution in [1.82, 2.24) is 10.2 Å². The number of nitrogens with one attached hydrogen (secondary N) is 1. The fraction of sp³-hybridized carbons (Fsp3) is 1.00. The number of hydrogen-bond acceptors (Lipinski definition) is 2. The van der Waals surface area contributed by atoms with Crippen molar-refractivity contribution in [2.75, 3.05) is 13.1 Å². The van der Waals surface area contributed by atoms with Crippen LogP contribution in [0.3, 0.4) is 0 Å². The monoisotopic (exact) mass is 250 g/mol. The lowest BCUT2D eigenvalue weighted by Crippen LogP contribution is -2.67. The lowest BCUT2D eigenvalue weighted by molar-refractivity contribution is -0.0586. The standard InChI is InChI=1S/C16H30N2/c1-4-16(8-5-9-16)18-11-14(13-6-7-13)17-10-15(18)12(2)3/h12-15,17H,4-11H2,1-3H3. The van der Waals surface area contributed by atoms with Gasteiger partial charge in [0.05, 0.1) is 0 Å². The molecule has 0 spiro atoms. The Morgan fingerprint density at radius 1 is 1.28 bits per heavy atom. The second kappa shape index (κ2) is 4.79. The van der Waals surface area contributed by atoms with Crippen LogP contribution in [0, 0.1) is 11.8 Å². The van der Waals surface area contributed by atoms with Gasteiger partial charge in [0.2, 0.25) is 0 Å². The topological polar surface area (TPSA) is 15.3 Å². The molecule has 0 radical (unpaired) electrons. The average Bonchev–Trinajstić information content (AvgIpc) is 3.11. The molecule has 2 nitrogen and oxygen atoms in total. The van der Waals surface area contributed by atoms with Crippen LogP contribution in [-0.2, 0) is 0 Å². The SMILES string of the molecule is CCC1(N2CC(C3CC3)NCC2C(C)C)CCC1. The molecule has 3 fully saturated rings. The number of nitrogens with zero attached hydrogens (tertiary/aromatic N) is 1. The fourth-order valence-electron chi connectivity index (χ4n) is 4.18. The van der Waals surface area contributed by atoms with Crippen LogP contribution in [0.5, 0.6) is 0 Å². The molecule has 1 N–H and O–H groups in total. The van der Waals surface area contributed by atoms with Crippen molar-refractivity contribution < 1.29 is 0 Å². The van der Waals surface area contributed by atoms with Gasteiger partial charge in [-0.05, 0) is 50.4 Å². The lowest BCUT2D eigenvalue weighted by atomic mass is 9.71. The second-order valence-electron chi connectivity index (χ2n) is 7.25. The van der Waals surface area contributed by atoms with Crippen LogP contribution in [0.25, 0.3) is 0 Å². The molecule has 2 unspecified atom stereocenters. The largest absolute Gasteiger partial charge is 0.311 e. The highest BCUT2D eigenvalue weighted by molar-refractivity contribution is 5.05. The third kappa shape index (κ3) is 2.12. The van der Waals surface area contributed by atoms with Gasteiger partial charge in [0.25, 0.3) is 0 Å². The predicted molar refractivity (Wildman–Crippen MR) is 76.7 cm³/mol. The van der Waals surface area contributed by atoms with E-state index in [0.29, 0.717) is 5.54 Å². The first-order valence-electron chi connectivity index (χ1n) is 8.16. The zero-order chi connectivity index (χ0) is 12.8. The highest BCUT2D eigenvalue weighted by Crippen LogP contribution is 2.45. The Bertz CT molecular complexity index is 286. The molecular weight excluding hydrogens is 220 g/mol. The molecule has 2 aliphatic carbocycles. The van der Waals surface area contributed by atoms with E-state index >= 15 is 0 Å². The molecule has 3 rings (SSSR count). The molecule has 0 amide bonds. The van der Waals surface area contributed by atoms with Crippen LogP contribution < -0.4 is 5.32 Å². The number of rotatable bonds is 4. The summed E-state index contributed by atoms with van der Waals surface area (Å²) in [5, 5.41) is 3.85. The van der Waals surface area contributed by atoms with Crippen molar-refractivity contribution in [1.29, 1.82) is 0 Å². The van der Waals surface area contributed by atoms with Crippen LogP contribution in [-0.4, -0.2) is 35.6 Å². The summed E-state index contributed by atoms with van der Waals surface area (Å²) in [5.74, 6) is 1.77. The second-order valence-corrected chi connectivity index (χ2v) is 7.25. The summed E-state index contributed by atoms with van der Waals surface area (Å²) in [6, 6.07) is 1.56. The lowest BCUT2D eigenvalue weighted by Gasteiger charge is -2.57. The van der Waals surface area contributed by atoms with E-state index in [2.05, 4.69) is 31.0 Å². The predicted octanol–water partition coefficient (Wildman–Crippen LogP) is 3.03. The summed E-state index contributed by atoms with van der Waals surface area (Å²) in [5.41, 5.74) is 0.574. The Balaban J connectivity index is 1.75. The van der Waals surface area contributed by atoms with Crippen molar-refractivity contribution in [2.24, 2.45) is 11.8 Å². The van der Waals surface area contributed by atoms with Gasteiger partial charge in [-0.1, -0.05) is 20.8 Å². The van der Waals surface area contributed by atoms with Gasteiger partial charge in [-0.25, -0.2) is 0 Å². The van der Waals surface area contributed by atoms with Crippen molar-refractivity contribution in [3.8, 4) is 0 Å². The maximum absolute atomic E-state index is 3.85. The minimum absolute atomic E-state index is 0.574. The quantitative estimate of drug-likeness (QED) is 0.825. The molecule has 2 heteroatoms.